The van der Waals surface area contributed by atoms with E-state index in [2.05, 4.69) is 34.9 Å². The predicted molar refractivity (Wildman–Crippen MR) is 116 cm³/mol. The maximum atomic E-state index is 11.0. The van der Waals surface area contributed by atoms with Crippen molar-refractivity contribution in [3.8, 4) is 5.75 Å². The van der Waals surface area contributed by atoms with Gasteiger partial charge in [0.25, 0.3) is 0 Å². The van der Waals surface area contributed by atoms with Crippen molar-refractivity contribution in [2.24, 2.45) is 7.05 Å². The van der Waals surface area contributed by atoms with Gasteiger partial charge in [-0.25, -0.2) is 0 Å². The van der Waals surface area contributed by atoms with Gasteiger partial charge in [-0.1, -0.05) is 30.3 Å². The van der Waals surface area contributed by atoms with Gasteiger partial charge in [0.1, 0.15) is 5.75 Å². The highest BCUT2D eigenvalue weighted by molar-refractivity contribution is 5.81. The van der Waals surface area contributed by atoms with Crippen LogP contribution in [0.15, 0.2) is 67.0 Å². The lowest BCUT2D eigenvalue weighted by Gasteiger charge is -2.14. The number of aliphatic carboxylic acids is 1. The number of hydrogen-bond acceptors (Lipinski definition) is 3. The molecule has 0 aliphatic heterocycles. The van der Waals surface area contributed by atoms with E-state index >= 15 is 0 Å². The van der Waals surface area contributed by atoms with Crippen molar-refractivity contribution in [2.75, 3.05) is 6.61 Å². The molecule has 6 heteroatoms. The van der Waals surface area contributed by atoms with E-state index < -0.39 is 5.97 Å². The van der Waals surface area contributed by atoms with Crippen LogP contribution in [-0.2, 0) is 31.2 Å². The minimum absolute atomic E-state index is 0.0814. The number of para-hydroxylation sites is 1. The van der Waals surface area contributed by atoms with Crippen LogP contribution < -0.4 is 4.74 Å². The molecule has 0 atom stereocenters. The summed E-state index contributed by atoms with van der Waals surface area (Å²) in [7, 11) is 2.07. The van der Waals surface area contributed by atoms with Crippen LogP contribution >= 0.6 is 0 Å². The monoisotopic (exact) mass is 403 g/mol. The predicted octanol–water partition coefficient (Wildman–Crippen LogP) is 4.06. The number of fused-ring (bicyclic) bond motifs is 1. The van der Waals surface area contributed by atoms with Gasteiger partial charge in [-0.2, -0.15) is 5.10 Å². The number of ether oxygens (including phenoxy) is 1. The molecule has 0 unspecified atom stereocenters. The number of benzene rings is 2. The standard InChI is InChI=1S/C24H25N3O3/c1-26-21(16-20-5-2-3-6-22(20)26)11-14-30-23-15-18(17-27-13-4-12-25-27)7-8-19(23)9-10-24(28)29/h2-8,12-13,15-16H,9-11,14,17H2,1H3,(H,28,29). The van der Waals surface area contributed by atoms with E-state index in [1.54, 1.807) is 6.20 Å². The minimum Gasteiger partial charge on any atom is -0.493 e. The zero-order valence-electron chi connectivity index (χ0n) is 17.0. The fraction of sp³-hybridized carbons (Fsp3) is 0.250. The minimum atomic E-state index is -0.808. The molecule has 4 aromatic rings. The second-order valence-electron chi connectivity index (χ2n) is 7.39. The van der Waals surface area contributed by atoms with E-state index in [1.807, 2.05) is 47.3 Å². The molecule has 6 nitrogen and oxygen atoms in total. The first kappa shape index (κ1) is 19.8. The Labute approximate surface area is 175 Å². The number of aryl methyl sites for hydroxylation is 2. The molecule has 0 bridgehead atoms. The average Bonchev–Trinajstić information content (AvgIpc) is 3.36. The maximum Gasteiger partial charge on any atom is 0.303 e. The van der Waals surface area contributed by atoms with Gasteiger partial charge < -0.3 is 14.4 Å². The zero-order valence-corrected chi connectivity index (χ0v) is 17.0. The first-order valence-electron chi connectivity index (χ1n) is 10.1. The summed E-state index contributed by atoms with van der Waals surface area (Å²) in [5.74, 6) is -0.0586. The SMILES string of the molecule is Cn1c(CCOc2cc(Cn3cccn3)ccc2CCC(=O)O)cc2ccccc21. The van der Waals surface area contributed by atoms with E-state index in [1.165, 1.54) is 16.6 Å². The number of nitrogens with zero attached hydrogens (tertiary/aromatic N) is 3. The number of rotatable bonds is 9. The van der Waals surface area contributed by atoms with Crippen LogP contribution in [0.5, 0.6) is 5.75 Å². The smallest absolute Gasteiger partial charge is 0.303 e. The number of carbonyl (C=O) groups is 1. The third-order valence-corrected chi connectivity index (χ3v) is 5.31. The van der Waals surface area contributed by atoms with Gasteiger partial charge in [0.15, 0.2) is 0 Å². The normalized spacial score (nSPS) is 11.1. The van der Waals surface area contributed by atoms with Crippen molar-refractivity contribution in [1.29, 1.82) is 0 Å². The number of carboxylic acids is 1. The number of hydrogen-bond donors (Lipinski definition) is 1. The molecular formula is C24H25N3O3. The van der Waals surface area contributed by atoms with Gasteiger partial charge in [-0.05, 0) is 47.2 Å². The Bertz CT molecular complexity index is 1150. The molecule has 0 aliphatic carbocycles. The van der Waals surface area contributed by atoms with Gasteiger partial charge in [0.2, 0.25) is 0 Å². The quantitative estimate of drug-likeness (QED) is 0.458. The van der Waals surface area contributed by atoms with Gasteiger partial charge in [0, 0.05) is 43.5 Å². The van der Waals surface area contributed by atoms with Crippen LogP contribution in [-0.4, -0.2) is 32.0 Å². The van der Waals surface area contributed by atoms with Crippen molar-refractivity contribution in [3.63, 3.8) is 0 Å². The van der Waals surface area contributed by atoms with E-state index in [0.29, 0.717) is 19.6 Å². The summed E-state index contributed by atoms with van der Waals surface area (Å²) in [6.45, 7) is 1.17. The first-order valence-corrected chi connectivity index (χ1v) is 10.1. The van der Waals surface area contributed by atoms with Crippen molar-refractivity contribution in [1.82, 2.24) is 14.3 Å². The fourth-order valence-corrected chi connectivity index (χ4v) is 3.71. The summed E-state index contributed by atoms with van der Waals surface area (Å²) in [5, 5.41) is 14.5. The summed E-state index contributed by atoms with van der Waals surface area (Å²) >= 11 is 0. The van der Waals surface area contributed by atoms with Crippen LogP contribution in [0.25, 0.3) is 10.9 Å². The Kier molecular flexibility index (Phi) is 5.84. The zero-order chi connectivity index (χ0) is 20.9. The number of aromatic nitrogens is 3. The molecule has 0 aliphatic rings. The van der Waals surface area contributed by atoms with E-state index in [4.69, 9.17) is 9.84 Å². The first-order chi connectivity index (χ1) is 14.6. The maximum absolute atomic E-state index is 11.0. The van der Waals surface area contributed by atoms with Gasteiger partial charge in [-0.15, -0.1) is 0 Å². The van der Waals surface area contributed by atoms with Crippen LogP contribution in [0.1, 0.15) is 23.2 Å². The molecule has 154 valence electrons. The highest BCUT2D eigenvalue weighted by atomic mass is 16.5. The summed E-state index contributed by atoms with van der Waals surface area (Å²) < 4.78 is 10.2. The van der Waals surface area contributed by atoms with Crippen molar-refractivity contribution in [2.45, 2.75) is 25.8 Å². The average molecular weight is 403 g/mol. The number of carboxylic acid groups (broad SMARTS) is 1. The fourth-order valence-electron chi connectivity index (χ4n) is 3.71. The molecule has 2 aromatic carbocycles. The molecule has 4 rings (SSSR count). The third kappa shape index (κ3) is 4.54. The molecular weight excluding hydrogens is 378 g/mol. The Morgan fingerprint density at radius 3 is 2.73 bits per heavy atom. The highest BCUT2D eigenvalue weighted by Crippen LogP contribution is 2.24. The van der Waals surface area contributed by atoms with Crippen molar-refractivity contribution >= 4 is 16.9 Å². The third-order valence-electron chi connectivity index (χ3n) is 5.31. The van der Waals surface area contributed by atoms with Gasteiger partial charge in [0.05, 0.1) is 13.2 Å². The molecule has 0 spiro atoms. The van der Waals surface area contributed by atoms with E-state index in [-0.39, 0.29) is 6.42 Å². The largest absolute Gasteiger partial charge is 0.493 e. The Balaban J connectivity index is 1.49. The Morgan fingerprint density at radius 2 is 1.97 bits per heavy atom. The second-order valence-corrected chi connectivity index (χ2v) is 7.39. The summed E-state index contributed by atoms with van der Waals surface area (Å²) in [4.78, 5) is 11.0. The highest BCUT2D eigenvalue weighted by Gasteiger charge is 2.10. The summed E-state index contributed by atoms with van der Waals surface area (Å²) in [6.07, 6.45) is 4.97. The lowest BCUT2D eigenvalue weighted by molar-refractivity contribution is -0.136. The Hall–Kier alpha value is -3.54. The Morgan fingerprint density at radius 1 is 1.10 bits per heavy atom. The second kappa shape index (κ2) is 8.86. The molecule has 0 fully saturated rings. The topological polar surface area (TPSA) is 69.3 Å². The summed E-state index contributed by atoms with van der Waals surface area (Å²) in [5.41, 5.74) is 4.39. The molecule has 0 saturated heterocycles. The molecule has 1 N–H and O–H groups in total. The molecule has 0 amide bonds. The van der Waals surface area contributed by atoms with Gasteiger partial charge in [-0.3, -0.25) is 9.48 Å². The van der Waals surface area contributed by atoms with Crippen molar-refractivity contribution in [3.05, 3.63) is 83.8 Å². The van der Waals surface area contributed by atoms with Crippen molar-refractivity contribution < 1.29 is 14.6 Å². The lowest BCUT2D eigenvalue weighted by atomic mass is 10.1. The van der Waals surface area contributed by atoms with Crippen LogP contribution in [0.4, 0.5) is 0 Å². The van der Waals surface area contributed by atoms with Crippen LogP contribution in [0.2, 0.25) is 0 Å². The molecule has 30 heavy (non-hydrogen) atoms. The van der Waals surface area contributed by atoms with Gasteiger partial charge >= 0.3 is 5.97 Å². The molecule has 2 aromatic heterocycles. The lowest BCUT2D eigenvalue weighted by Crippen LogP contribution is -2.08. The molecule has 0 radical (unpaired) electrons. The van der Waals surface area contributed by atoms with E-state index in [9.17, 15) is 4.79 Å². The van der Waals surface area contributed by atoms with Crippen LogP contribution in [0.3, 0.4) is 0 Å². The van der Waals surface area contributed by atoms with Crippen LogP contribution in [0, 0.1) is 0 Å². The molecule has 2 heterocycles. The van der Waals surface area contributed by atoms with E-state index in [0.717, 1.165) is 23.3 Å². The molecule has 0 saturated carbocycles. The summed E-state index contributed by atoms with van der Waals surface area (Å²) in [6, 6.07) is 18.4.